The first-order valence-electron chi connectivity index (χ1n) is 5.63. The Morgan fingerprint density at radius 3 is 2.44 bits per heavy atom. The molecule has 0 radical (unpaired) electrons. The fourth-order valence-corrected chi connectivity index (χ4v) is 2.30. The lowest BCUT2D eigenvalue weighted by Gasteiger charge is -2.29. The average Bonchev–Trinajstić information content (AvgIpc) is 2.28. The number of hydrogen-bond acceptors (Lipinski definition) is 2. The van der Waals surface area contributed by atoms with Crippen LogP contribution in [0.1, 0.15) is 24.1 Å². The lowest BCUT2D eigenvalue weighted by molar-refractivity contribution is -0.115. The molecular weight excluding hydrogens is 246 g/mol. The van der Waals surface area contributed by atoms with Gasteiger partial charge in [0, 0.05) is 5.70 Å². The third kappa shape index (κ3) is 2.36. The van der Waals surface area contributed by atoms with Gasteiger partial charge in [0.15, 0.2) is 5.11 Å². The predicted octanol–water partition coefficient (Wildman–Crippen LogP) is 1.27. The van der Waals surface area contributed by atoms with Gasteiger partial charge in [0.05, 0.1) is 11.6 Å². The number of amides is 1. The third-order valence-electron chi connectivity index (χ3n) is 2.95. The van der Waals surface area contributed by atoms with Crippen molar-refractivity contribution in [2.24, 2.45) is 5.73 Å². The second kappa shape index (κ2) is 4.78. The van der Waals surface area contributed by atoms with E-state index in [1.54, 1.807) is 6.92 Å². The number of carbonyl (C=O) groups excluding carboxylic acids is 1. The summed E-state index contributed by atoms with van der Waals surface area (Å²) >= 11 is 5.12. The van der Waals surface area contributed by atoms with E-state index in [4.69, 9.17) is 18.0 Å². The standard InChI is InChI=1S/C13H15N3OS/c1-7-3-5-9(6-4-7)11-10(12(14)17)8(2)15-13(18)16-11/h3-6,11H,1-2H3,(H2,14,17)(H2,15,16,18). The van der Waals surface area contributed by atoms with Crippen LogP contribution in [0.15, 0.2) is 35.5 Å². The summed E-state index contributed by atoms with van der Waals surface area (Å²) in [5.41, 5.74) is 8.80. The number of carbonyl (C=O) groups is 1. The molecule has 4 nitrogen and oxygen atoms in total. The third-order valence-corrected chi connectivity index (χ3v) is 3.17. The van der Waals surface area contributed by atoms with Crippen LogP contribution in [-0.2, 0) is 4.79 Å². The van der Waals surface area contributed by atoms with Crippen LogP contribution >= 0.6 is 12.2 Å². The van der Waals surface area contributed by atoms with Crippen LogP contribution in [-0.4, -0.2) is 11.0 Å². The van der Waals surface area contributed by atoms with E-state index in [9.17, 15) is 4.79 Å². The van der Waals surface area contributed by atoms with E-state index >= 15 is 0 Å². The monoisotopic (exact) mass is 261 g/mol. The number of benzene rings is 1. The van der Waals surface area contributed by atoms with Gasteiger partial charge in [0.25, 0.3) is 0 Å². The normalized spacial score (nSPS) is 19.2. The second-order valence-electron chi connectivity index (χ2n) is 4.35. The van der Waals surface area contributed by atoms with E-state index in [2.05, 4.69) is 10.6 Å². The smallest absolute Gasteiger partial charge is 0.248 e. The van der Waals surface area contributed by atoms with Gasteiger partial charge in [-0.05, 0) is 31.6 Å². The molecule has 1 aromatic carbocycles. The Balaban J connectivity index is 2.46. The number of rotatable bonds is 2. The van der Waals surface area contributed by atoms with Gasteiger partial charge in [-0.1, -0.05) is 29.8 Å². The Morgan fingerprint density at radius 2 is 1.89 bits per heavy atom. The lowest BCUT2D eigenvalue weighted by Crippen LogP contribution is -2.46. The van der Waals surface area contributed by atoms with Gasteiger partial charge >= 0.3 is 0 Å². The fourth-order valence-electron chi connectivity index (χ4n) is 2.03. The quantitative estimate of drug-likeness (QED) is 0.701. The number of nitrogens with one attached hydrogen (secondary N) is 2. The molecule has 0 fully saturated rings. The van der Waals surface area contributed by atoms with Crippen molar-refractivity contribution >= 4 is 23.2 Å². The molecule has 0 saturated heterocycles. The van der Waals surface area contributed by atoms with Crippen LogP contribution in [0.2, 0.25) is 0 Å². The zero-order valence-corrected chi connectivity index (χ0v) is 11.1. The number of primary amides is 1. The molecule has 5 heteroatoms. The first kappa shape index (κ1) is 12.6. The van der Waals surface area contributed by atoms with Crippen LogP contribution in [0.3, 0.4) is 0 Å². The van der Waals surface area contributed by atoms with Crippen molar-refractivity contribution in [2.45, 2.75) is 19.9 Å². The van der Waals surface area contributed by atoms with Crippen LogP contribution < -0.4 is 16.4 Å². The minimum Gasteiger partial charge on any atom is -0.366 e. The highest BCUT2D eigenvalue weighted by atomic mass is 32.1. The van der Waals surface area contributed by atoms with E-state index in [1.165, 1.54) is 0 Å². The number of hydrogen-bond donors (Lipinski definition) is 3. The van der Waals surface area contributed by atoms with E-state index in [0.29, 0.717) is 16.4 Å². The fraction of sp³-hybridized carbons (Fsp3) is 0.231. The number of nitrogens with two attached hydrogens (primary N) is 1. The van der Waals surface area contributed by atoms with Gasteiger partial charge < -0.3 is 16.4 Å². The van der Waals surface area contributed by atoms with Gasteiger partial charge in [-0.15, -0.1) is 0 Å². The highest BCUT2D eigenvalue weighted by molar-refractivity contribution is 7.80. The molecule has 1 atom stereocenters. The Hall–Kier alpha value is -1.88. The van der Waals surface area contributed by atoms with Gasteiger partial charge in [0.2, 0.25) is 5.91 Å². The maximum Gasteiger partial charge on any atom is 0.248 e. The minimum atomic E-state index is -0.444. The molecule has 94 valence electrons. The van der Waals surface area contributed by atoms with Crippen molar-refractivity contribution in [3.63, 3.8) is 0 Å². The Bertz CT molecular complexity index is 534. The van der Waals surface area contributed by atoms with Crippen molar-refractivity contribution in [1.29, 1.82) is 0 Å². The molecule has 0 spiro atoms. The summed E-state index contributed by atoms with van der Waals surface area (Å²) in [7, 11) is 0. The molecule has 0 aromatic heterocycles. The van der Waals surface area contributed by atoms with Gasteiger partial charge in [-0.2, -0.15) is 0 Å². The molecule has 18 heavy (non-hydrogen) atoms. The zero-order valence-electron chi connectivity index (χ0n) is 10.3. The molecule has 1 aromatic rings. The summed E-state index contributed by atoms with van der Waals surface area (Å²) in [6.07, 6.45) is 0. The molecule has 1 heterocycles. The summed E-state index contributed by atoms with van der Waals surface area (Å²) in [6, 6.07) is 7.65. The highest BCUT2D eigenvalue weighted by Gasteiger charge is 2.28. The van der Waals surface area contributed by atoms with Crippen molar-refractivity contribution in [2.75, 3.05) is 0 Å². The van der Waals surface area contributed by atoms with Crippen molar-refractivity contribution < 1.29 is 4.79 Å². The van der Waals surface area contributed by atoms with Crippen LogP contribution in [0.4, 0.5) is 0 Å². The number of aryl methyl sites for hydroxylation is 1. The van der Waals surface area contributed by atoms with Crippen molar-refractivity contribution in [1.82, 2.24) is 10.6 Å². The molecular formula is C13H15N3OS. The van der Waals surface area contributed by atoms with E-state index < -0.39 is 5.91 Å². The van der Waals surface area contributed by atoms with Crippen LogP contribution in [0, 0.1) is 6.92 Å². The summed E-state index contributed by atoms with van der Waals surface area (Å²) in [4.78, 5) is 11.6. The zero-order chi connectivity index (χ0) is 13.3. The largest absolute Gasteiger partial charge is 0.366 e. The van der Waals surface area contributed by atoms with Crippen molar-refractivity contribution in [3.8, 4) is 0 Å². The molecule has 1 unspecified atom stereocenters. The van der Waals surface area contributed by atoms with E-state index in [0.717, 1.165) is 11.1 Å². The SMILES string of the molecule is CC1=C(C(N)=O)C(c2ccc(C)cc2)NC(=S)N1. The van der Waals surface area contributed by atoms with E-state index in [-0.39, 0.29) is 6.04 Å². The van der Waals surface area contributed by atoms with Gasteiger partial charge in [-0.25, -0.2) is 0 Å². The maximum atomic E-state index is 11.6. The van der Waals surface area contributed by atoms with E-state index in [1.807, 2.05) is 31.2 Å². The summed E-state index contributed by atoms with van der Waals surface area (Å²) < 4.78 is 0. The Kier molecular flexibility index (Phi) is 3.34. The molecule has 4 N–H and O–H groups in total. The first-order chi connectivity index (χ1) is 8.49. The Labute approximate surface area is 111 Å². The molecule has 1 aliphatic heterocycles. The maximum absolute atomic E-state index is 11.6. The number of thiocarbonyl (C=S) groups is 1. The summed E-state index contributed by atoms with van der Waals surface area (Å²) in [6.45, 7) is 3.81. The first-order valence-corrected chi connectivity index (χ1v) is 6.04. The summed E-state index contributed by atoms with van der Waals surface area (Å²) in [5, 5.41) is 6.50. The Morgan fingerprint density at radius 1 is 1.28 bits per heavy atom. The molecule has 0 saturated carbocycles. The van der Waals surface area contributed by atoms with Gasteiger partial charge in [0.1, 0.15) is 0 Å². The van der Waals surface area contributed by atoms with Crippen LogP contribution in [0.25, 0.3) is 0 Å². The lowest BCUT2D eigenvalue weighted by atomic mass is 9.95. The predicted molar refractivity (Wildman–Crippen MR) is 74.7 cm³/mol. The molecule has 1 aliphatic rings. The highest BCUT2D eigenvalue weighted by Crippen LogP contribution is 2.26. The van der Waals surface area contributed by atoms with Crippen LogP contribution in [0.5, 0.6) is 0 Å². The summed E-state index contributed by atoms with van der Waals surface area (Å²) in [5.74, 6) is -0.444. The number of allylic oxidation sites excluding steroid dienone is 1. The average molecular weight is 261 g/mol. The molecule has 0 aliphatic carbocycles. The van der Waals surface area contributed by atoms with Gasteiger partial charge in [-0.3, -0.25) is 4.79 Å². The molecule has 1 amide bonds. The van der Waals surface area contributed by atoms with Crippen molar-refractivity contribution in [3.05, 3.63) is 46.7 Å². The minimum absolute atomic E-state index is 0.281. The second-order valence-corrected chi connectivity index (χ2v) is 4.75. The topological polar surface area (TPSA) is 67.2 Å². The molecule has 0 bridgehead atoms. The molecule has 2 rings (SSSR count).